The van der Waals surface area contributed by atoms with Crippen LogP contribution >= 0.6 is 15.9 Å². The van der Waals surface area contributed by atoms with E-state index in [0.717, 1.165) is 43.2 Å². The molecular weight excluding hydrogens is 483 g/mol. The summed E-state index contributed by atoms with van der Waals surface area (Å²) in [5.41, 5.74) is 1.67. The lowest BCUT2D eigenvalue weighted by Crippen LogP contribution is -2.43. The van der Waals surface area contributed by atoms with Crippen LogP contribution in [0.5, 0.6) is 0 Å². The Morgan fingerprint density at radius 3 is 2.38 bits per heavy atom. The smallest absolute Gasteiger partial charge is 0.371 e. The van der Waals surface area contributed by atoms with Crippen molar-refractivity contribution < 1.29 is 18.0 Å². The average molecular weight is 510 g/mol. The first-order valence-electron chi connectivity index (χ1n) is 11.0. The lowest BCUT2D eigenvalue weighted by atomic mass is 10.0. The van der Waals surface area contributed by atoms with Crippen LogP contribution in [0.25, 0.3) is 0 Å². The Kier molecular flexibility index (Phi) is 6.81. The number of amides is 1. The van der Waals surface area contributed by atoms with Crippen LogP contribution in [-0.4, -0.2) is 43.0 Å². The van der Waals surface area contributed by atoms with Crippen LogP contribution in [0.4, 0.5) is 24.5 Å². The van der Waals surface area contributed by atoms with E-state index in [-0.39, 0.29) is 10.2 Å². The number of hydrogen-bond donors (Lipinski definition) is 1. The second kappa shape index (κ2) is 9.43. The topological polar surface area (TPSA) is 35.6 Å². The molecule has 4 rings (SSSR count). The quantitative estimate of drug-likeness (QED) is 0.541. The second-order valence-corrected chi connectivity index (χ2v) is 9.52. The SMILES string of the molecule is Cc1cc(C(=O)Nc2ccc(Br)c(C(F)(F)F)c2)cc(N2CCC(N3CCCC3)CC2)c1. The van der Waals surface area contributed by atoms with Gasteiger partial charge in [-0.2, -0.15) is 13.2 Å². The number of likely N-dealkylation sites (tertiary alicyclic amines) is 1. The maximum Gasteiger partial charge on any atom is 0.417 e. The summed E-state index contributed by atoms with van der Waals surface area (Å²) in [7, 11) is 0. The highest BCUT2D eigenvalue weighted by molar-refractivity contribution is 9.10. The molecule has 0 radical (unpaired) electrons. The van der Waals surface area contributed by atoms with Crippen LogP contribution in [0.1, 0.15) is 47.2 Å². The Hall–Kier alpha value is -2.06. The molecule has 2 heterocycles. The number of carbonyl (C=O) groups is 1. The molecule has 0 saturated carbocycles. The summed E-state index contributed by atoms with van der Waals surface area (Å²) in [6, 6.07) is 10.0. The van der Waals surface area contributed by atoms with E-state index >= 15 is 0 Å². The fourth-order valence-corrected chi connectivity index (χ4v) is 5.17. The van der Waals surface area contributed by atoms with Crippen molar-refractivity contribution in [3.8, 4) is 0 Å². The van der Waals surface area contributed by atoms with Gasteiger partial charge in [-0.3, -0.25) is 4.79 Å². The number of anilines is 2. The Bertz CT molecular complexity index is 981. The van der Waals surface area contributed by atoms with Gasteiger partial charge in [0.15, 0.2) is 0 Å². The summed E-state index contributed by atoms with van der Waals surface area (Å²) in [4.78, 5) is 17.7. The summed E-state index contributed by atoms with van der Waals surface area (Å²) in [6.07, 6.45) is 0.291. The molecule has 2 aliphatic heterocycles. The number of aryl methyl sites for hydroxylation is 1. The van der Waals surface area contributed by atoms with Gasteiger partial charge in [-0.1, -0.05) is 15.9 Å². The van der Waals surface area contributed by atoms with Crippen molar-refractivity contribution in [1.82, 2.24) is 4.90 Å². The summed E-state index contributed by atoms with van der Waals surface area (Å²) >= 11 is 2.92. The standard InChI is InChI=1S/C24H27BrF3N3O/c1-16-12-17(23(32)29-18-4-5-22(25)21(15-18)24(26,27)28)14-20(13-16)31-10-6-19(7-11-31)30-8-2-3-9-30/h4-5,12-15,19H,2-3,6-11H2,1H3,(H,29,32). The highest BCUT2D eigenvalue weighted by atomic mass is 79.9. The molecule has 1 N–H and O–H groups in total. The monoisotopic (exact) mass is 509 g/mol. The van der Waals surface area contributed by atoms with Gasteiger partial charge in [0, 0.05) is 40.5 Å². The molecule has 0 bridgehead atoms. The Morgan fingerprint density at radius 2 is 1.72 bits per heavy atom. The summed E-state index contributed by atoms with van der Waals surface area (Å²) in [5, 5.41) is 2.61. The van der Waals surface area contributed by atoms with E-state index in [1.54, 1.807) is 6.07 Å². The molecule has 0 unspecified atom stereocenters. The number of alkyl halides is 3. The van der Waals surface area contributed by atoms with Gasteiger partial charge in [-0.05, 0) is 87.7 Å². The van der Waals surface area contributed by atoms with E-state index < -0.39 is 17.6 Å². The van der Waals surface area contributed by atoms with E-state index in [1.165, 1.54) is 38.1 Å². The molecule has 2 aromatic rings. The van der Waals surface area contributed by atoms with Gasteiger partial charge in [0.25, 0.3) is 5.91 Å². The van der Waals surface area contributed by atoms with Crippen molar-refractivity contribution in [3.63, 3.8) is 0 Å². The van der Waals surface area contributed by atoms with Crippen molar-refractivity contribution >= 4 is 33.2 Å². The summed E-state index contributed by atoms with van der Waals surface area (Å²) in [5.74, 6) is -0.419. The number of hydrogen-bond acceptors (Lipinski definition) is 3. The van der Waals surface area contributed by atoms with Crippen LogP contribution in [0.15, 0.2) is 40.9 Å². The number of halogens is 4. The summed E-state index contributed by atoms with van der Waals surface area (Å²) in [6.45, 7) is 6.20. The maximum absolute atomic E-state index is 13.2. The molecule has 0 spiro atoms. The lowest BCUT2D eigenvalue weighted by molar-refractivity contribution is -0.138. The fourth-order valence-electron chi connectivity index (χ4n) is 4.70. The lowest BCUT2D eigenvalue weighted by Gasteiger charge is -2.38. The van der Waals surface area contributed by atoms with Crippen molar-refractivity contribution in [2.24, 2.45) is 0 Å². The third kappa shape index (κ3) is 5.29. The first-order valence-corrected chi connectivity index (χ1v) is 11.8. The number of carbonyl (C=O) groups excluding carboxylic acids is 1. The third-order valence-corrected chi connectivity index (χ3v) is 7.03. The molecule has 2 aromatic carbocycles. The van der Waals surface area contributed by atoms with Crippen LogP contribution < -0.4 is 10.2 Å². The molecule has 1 amide bonds. The Morgan fingerprint density at radius 1 is 1.03 bits per heavy atom. The van der Waals surface area contributed by atoms with Crippen molar-refractivity contribution in [2.45, 2.75) is 44.8 Å². The molecule has 32 heavy (non-hydrogen) atoms. The Balaban J connectivity index is 1.46. The number of piperidine rings is 1. The predicted molar refractivity (Wildman–Crippen MR) is 124 cm³/mol. The van der Waals surface area contributed by atoms with Crippen LogP contribution in [0.3, 0.4) is 0 Å². The van der Waals surface area contributed by atoms with Gasteiger partial charge < -0.3 is 15.1 Å². The van der Waals surface area contributed by atoms with E-state index in [2.05, 4.69) is 37.1 Å². The fraction of sp³-hybridized carbons (Fsp3) is 0.458. The van der Waals surface area contributed by atoms with Crippen LogP contribution in [0.2, 0.25) is 0 Å². The van der Waals surface area contributed by atoms with E-state index in [9.17, 15) is 18.0 Å². The molecule has 2 saturated heterocycles. The number of nitrogens with zero attached hydrogens (tertiary/aromatic N) is 2. The molecule has 8 heteroatoms. The third-order valence-electron chi connectivity index (χ3n) is 6.34. The van der Waals surface area contributed by atoms with Crippen LogP contribution in [0, 0.1) is 6.92 Å². The zero-order valence-electron chi connectivity index (χ0n) is 18.0. The van der Waals surface area contributed by atoms with Crippen LogP contribution in [-0.2, 0) is 6.18 Å². The molecule has 0 atom stereocenters. The van der Waals surface area contributed by atoms with E-state index in [0.29, 0.717) is 11.6 Å². The van der Waals surface area contributed by atoms with Gasteiger partial charge >= 0.3 is 6.18 Å². The molecule has 0 aromatic heterocycles. The second-order valence-electron chi connectivity index (χ2n) is 8.67. The zero-order chi connectivity index (χ0) is 22.9. The first-order chi connectivity index (χ1) is 15.2. The zero-order valence-corrected chi connectivity index (χ0v) is 19.6. The van der Waals surface area contributed by atoms with Crippen molar-refractivity contribution in [1.29, 1.82) is 0 Å². The van der Waals surface area contributed by atoms with E-state index in [1.807, 2.05) is 13.0 Å². The molecule has 4 nitrogen and oxygen atoms in total. The number of rotatable bonds is 4. The molecule has 172 valence electrons. The highest BCUT2D eigenvalue weighted by Gasteiger charge is 2.33. The maximum atomic E-state index is 13.2. The minimum atomic E-state index is -4.50. The predicted octanol–water partition coefficient (Wildman–Crippen LogP) is 6.09. The first kappa shape index (κ1) is 23.1. The van der Waals surface area contributed by atoms with Gasteiger partial charge in [0.2, 0.25) is 0 Å². The average Bonchev–Trinajstić information content (AvgIpc) is 3.29. The van der Waals surface area contributed by atoms with Gasteiger partial charge in [-0.15, -0.1) is 0 Å². The molecule has 0 aliphatic carbocycles. The van der Waals surface area contributed by atoms with E-state index in [4.69, 9.17) is 0 Å². The minimum absolute atomic E-state index is 0.0572. The number of benzene rings is 2. The number of nitrogens with one attached hydrogen (secondary N) is 1. The normalized spacial score (nSPS) is 18.2. The van der Waals surface area contributed by atoms with Gasteiger partial charge in [0.1, 0.15) is 0 Å². The van der Waals surface area contributed by atoms with Crippen molar-refractivity contribution in [2.75, 3.05) is 36.4 Å². The molecule has 2 aliphatic rings. The van der Waals surface area contributed by atoms with Crippen molar-refractivity contribution in [3.05, 3.63) is 57.6 Å². The van der Waals surface area contributed by atoms with Gasteiger partial charge in [-0.25, -0.2) is 0 Å². The Labute approximate surface area is 194 Å². The highest BCUT2D eigenvalue weighted by Crippen LogP contribution is 2.36. The minimum Gasteiger partial charge on any atom is -0.371 e. The molecule has 2 fully saturated rings. The summed E-state index contributed by atoms with van der Waals surface area (Å²) < 4.78 is 39.5. The molecular formula is C24H27BrF3N3O. The largest absolute Gasteiger partial charge is 0.417 e. The van der Waals surface area contributed by atoms with Gasteiger partial charge in [0.05, 0.1) is 5.56 Å².